The van der Waals surface area contributed by atoms with Crippen molar-refractivity contribution < 1.29 is 8.42 Å². The zero-order valence-electron chi connectivity index (χ0n) is 11.2. The number of nitrogens with zero attached hydrogens (tertiary/aromatic N) is 1. The van der Waals surface area contributed by atoms with Gasteiger partial charge in [-0.3, -0.25) is 4.31 Å². The summed E-state index contributed by atoms with van der Waals surface area (Å²) >= 11 is 5.81. The molecule has 0 N–H and O–H groups in total. The van der Waals surface area contributed by atoms with Gasteiger partial charge < -0.3 is 0 Å². The van der Waals surface area contributed by atoms with E-state index in [1.54, 1.807) is 30.3 Å². The highest BCUT2D eigenvalue weighted by Crippen LogP contribution is 2.30. The van der Waals surface area contributed by atoms with E-state index >= 15 is 0 Å². The van der Waals surface area contributed by atoms with Gasteiger partial charge in [-0.25, -0.2) is 8.42 Å². The second kappa shape index (κ2) is 5.54. The van der Waals surface area contributed by atoms with E-state index in [2.05, 4.69) is 0 Å². The highest BCUT2D eigenvalue weighted by atomic mass is 35.5. The number of benzene rings is 2. The summed E-state index contributed by atoms with van der Waals surface area (Å²) in [6, 6.07) is 14.6. The second-order valence-electron chi connectivity index (χ2n) is 4.85. The molecule has 2 aromatic carbocycles. The normalized spacial score (nSPS) is 14.6. The molecule has 0 fully saturated rings. The Hall–Kier alpha value is -1.78. The van der Waals surface area contributed by atoms with Crippen LogP contribution < -0.4 is 4.31 Å². The molecule has 3 nitrogen and oxygen atoms in total. The molecule has 108 valence electrons. The fourth-order valence-corrected chi connectivity index (χ4v) is 3.78. The SMILES string of the molecule is O=S(=O)(C=Cc1ccc(Cl)cc1)N1CCc2ccccc21. The van der Waals surface area contributed by atoms with Crippen molar-refractivity contribution in [1.29, 1.82) is 0 Å². The number of halogens is 1. The zero-order chi connectivity index (χ0) is 14.9. The summed E-state index contributed by atoms with van der Waals surface area (Å²) in [7, 11) is -3.46. The van der Waals surface area contributed by atoms with Gasteiger partial charge in [-0.15, -0.1) is 0 Å². The van der Waals surface area contributed by atoms with Crippen molar-refractivity contribution in [2.24, 2.45) is 0 Å². The van der Waals surface area contributed by atoms with Gasteiger partial charge >= 0.3 is 0 Å². The Labute approximate surface area is 129 Å². The molecular weight excluding hydrogens is 306 g/mol. The molecule has 21 heavy (non-hydrogen) atoms. The molecule has 3 rings (SSSR count). The highest BCUT2D eigenvalue weighted by molar-refractivity contribution is 7.95. The van der Waals surface area contributed by atoms with E-state index in [1.165, 1.54) is 9.71 Å². The minimum atomic E-state index is -3.46. The van der Waals surface area contributed by atoms with Crippen LogP contribution in [0.4, 0.5) is 5.69 Å². The Kier molecular flexibility index (Phi) is 3.74. The van der Waals surface area contributed by atoms with E-state index in [9.17, 15) is 8.42 Å². The van der Waals surface area contributed by atoms with Gasteiger partial charge in [0.15, 0.2) is 0 Å². The van der Waals surface area contributed by atoms with E-state index in [0.29, 0.717) is 11.6 Å². The van der Waals surface area contributed by atoms with Gasteiger partial charge in [0.05, 0.1) is 11.1 Å². The minimum Gasteiger partial charge on any atom is -0.266 e. The Morgan fingerprint density at radius 1 is 1.05 bits per heavy atom. The first-order valence-corrected chi connectivity index (χ1v) is 8.49. The smallest absolute Gasteiger partial charge is 0.257 e. The minimum absolute atomic E-state index is 0.493. The average Bonchev–Trinajstić information content (AvgIpc) is 2.91. The van der Waals surface area contributed by atoms with Crippen LogP contribution in [0, 0.1) is 0 Å². The molecular formula is C16H14ClNO2S. The Balaban J connectivity index is 1.87. The summed E-state index contributed by atoms with van der Waals surface area (Å²) in [5, 5.41) is 1.88. The van der Waals surface area contributed by atoms with E-state index in [0.717, 1.165) is 23.2 Å². The quantitative estimate of drug-likeness (QED) is 0.865. The Morgan fingerprint density at radius 2 is 1.76 bits per heavy atom. The largest absolute Gasteiger partial charge is 0.266 e. The van der Waals surface area contributed by atoms with Crippen molar-refractivity contribution in [1.82, 2.24) is 0 Å². The van der Waals surface area contributed by atoms with Crippen LogP contribution in [0.1, 0.15) is 11.1 Å². The fourth-order valence-electron chi connectivity index (χ4n) is 2.38. The summed E-state index contributed by atoms with van der Waals surface area (Å²) in [5.41, 5.74) is 2.65. The van der Waals surface area contributed by atoms with Crippen LogP contribution in [0.3, 0.4) is 0 Å². The van der Waals surface area contributed by atoms with Crippen molar-refractivity contribution in [2.45, 2.75) is 6.42 Å². The summed E-state index contributed by atoms with van der Waals surface area (Å²) in [6.07, 6.45) is 2.34. The van der Waals surface area contributed by atoms with Gasteiger partial charge in [0, 0.05) is 11.6 Å². The van der Waals surface area contributed by atoms with Crippen LogP contribution in [0.2, 0.25) is 5.02 Å². The fraction of sp³-hybridized carbons (Fsp3) is 0.125. The van der Waals surface area contributed by atoms with Crippen molar-refractivity contribution >= 4 is 33.4 Å². The van der Waals surface area contributed by atoms with Gasteiger partial charge in [0.1, 0.15) is 0 Å². The first-order chi connectivity index (χ1) is 10.1. The van der Waals surface area contributed by atoms with Crippen molar-refractivity contribution in [3.8, 4) is 0 Å². The third-order valence-electron chi connectivity index (χ3n) is 3.45. The van der Waals surface area contributed by atoms with Crippen LogP contribution in [0.25, 0.3) is 6.08 Å². The lowest BCUT2D eigenvalue weighted by molar-refractivity contribution is 0.601. The van der Waals surface area contributed by atoms with Crippen LogP contribution >= 0.6 is 11.6 Å². The van der Waals surface area contributed by atoms with Gasteiger partial charge in [0.25, 0.3) is 10.0 Å². The topological polar surface area (TPSA) is 37.4 Å². The molecule has 5 heteroatoms. The second-order valence-corrected chi connectivity index (χ2v) is 7.03. The van der Waals surface area contributed by atoms with Crippen LogP contribution in [-0.2, 0) is 16.4 Å². The maximum Gasteiger partial charge on any atom is 0.257 e. The molecule has 0 bridgehead atoms. The molecule has 0 radical (unpaired) electrons. The Morgan fingerprint density at radius 3 is 2.52 bits per heavy atom. The molecule has 0 amide bonds. The molecule has 0 atom stereocenters. The van der Waals surface area contributed by atoms with E-state index in [1.807, 2.05) is 24.3 Å². The molecule has 0 saturated carbocycles. The van der Waals surface area contributed by atoms with E-state index in [-0.39, 0.29) is 0 Å². The highest BCUT2D eigenvalue weighted by Gasteiger charge is 2.26. The Bertz CT molecular complexity index is 782. The number of fused-ring (bicyclic) bond motifs is 1. The third kappa shape index (κ3) is 2.96. The summed E-state index contributed by atoms with van der Waals surface area (Å²) < 4.78 is 26.4. The van der Waals surface area contributed by atoms with Crippen LogP contribution in [-0.4, -0.2) is 15.0 Å². The monoisotopic (exact) mass is 319 g/mol. The maximum atomic E-state index is 12.4. The zero-order valence-corrected chi connectivity index (χ0v) is 12.8. The number of rotatable bonds is 3. The first kappa shape index (κ1) is 14.2. The summed E-state index contributed by atoms with van der Waals surface area (Å²) in [4.78, 5) is 0. The standard InChI is InChI=1S/C16H14ClNO2S/c17-15-7-5-13(6-8-15)10-12-21(19,20)18-11-9-14-3-1-2-4-16(14)18/h1-8,10,12H,9,11H2. The van der Waals surface area contributed by atoms with E-state index in [4.69, 9.17) is 11.6 Å². The lowest BCUT2D eigenvalue weighted by Gasteiger charge is -2.16. The van der Waals surface area contributed by atoms with Gasteiger partial charge in [0.2, 0.25) is 0 Å². The van der Waals surface area contributed by atoms with Crippen molar-refractivity contribution in [3.63, 3.8) is 0 Å². The van der Waals surface area contributed by atoms with Gasteiger partial charge in [-0.05, 0) is 41.8 Å². The average molecular weight is 320 g/mol. The molecule has 2 aromatic rings. The first-order valence-electron chi connectivity index (χ1n) is 6.60. The molecule has 1 aliphatic rings. The third-order valence-corrected chi connectivity index (χ3v) is 5.18. The number of sulfonamides is 1. The van der Waals surface area contributed by atoms with Gasteiger partial charge in [-0.2, -0.15) is 0 Å². The lowest BCUT2D eigenvalue weighted by atomic mass is 10.2. The van der Waals surface area contributed by atoms with Crippen LogP contribution in [0.15, 0.2) is 53.9 Å². The summed E-state index contributed by atoms with van der Waals surface area (Å²) in [6.45, 7) is 0.493. The molecule has 0 aromatic heterocycles. The maximum absolute atomic E-state index is 12.4. The van der Waals surface area contributed by atoms with Crippen LogP contribution in [0.5, 0.6) is 0 Å². The number of hydrogen-bond acceptors (Lipinski definition) is 2. The molecule has 0 aliphatic carbocycles. The lowest BCUT2D eigenvalue weighted by Crippen LogP contribution is -2.26. The predicted molar refractivity (Wildman–Crippen MR) is 86.9 cm³/mol. The molecule has 1 heterocycles. The molecule has 0 spiro atoms. The summed E-state index contributed by atoms with van der Waals surface area (Å²) in [5.74, 6) is 0. The number of hydrogen-bond donors (Lipinski definition) is 0. The number of anilines is 1. The van der Waals surface area contributed by atoms with Crippen molar-refractivity contribution in [3.05, 3.63) is 70.1 Å². The molecule has 1 aliphatic heterocycles. The number of para-hydroxylation sites is 1. The molecule has 0 saturated heterocycles. The van der Waals surface area contributed by atoms with E-state index < -0.39 is 10.0 Å². The van der Waals surface area contributed by atoms with Gasteiger partial charge in [-0.1, -0.05) is 41.9 Å². The van der Waals surface area contributed by atoms with Crippen molar-refractivity contribution in [2.75, 3.05) is 10.8 Å². The molecule has 0 unspecified atom stereocenters. The predicted octanol–water partition coefficient (Wildman–Crippen LogP) is 3.70.